The number of hydrogen-bond donors (Lipinski definition) is 1. The third-order valence-electron chi connectivity index (χ3n) is 3.40. The summed E-state index contributed by atoms with van der Waals surface area (Å²) < 4.78 is 15.8. The predicted molar refractivity (Wildman–Crippen MR) is 86.2 cm³/mol. The van der Waals surface area contributed by atoms with Crippen molar-refractivity contribution in [3.63, 3.8) is 0 Å². The second-order valence-electron chi connectivity index (χ2n) is 4.94. The van der Waals surface area contributed by atoms with Crippen LogP contribution in [0.2, 0.25) is 0 Å². The average Bonchev–Trinajstić information content (AvgIpc) is 2.93. The largest absolute Gasteiger partial charge is 0.493 e. The molecule has 0 fully saturated rings. The molecule has 0 aliphatic carbocycles. The van der Waals surface area contributed by atoms with Gasteiger partial charge in [-0.3, -0.25) is 4.79 Å². The Morgan fingerprint density at radius 3 is 2.61 bits per heavy atom. The minimum Gasteiger partial charge on any atom is -0.493 e. The van der Waals surface area contributed by atoms with Crippen molar-refractivity contribution in [2.45, 2.75) is 6.92 Å². The van der Waals surface area contributed by atoms with Gasteiger partial charge in [-0.15, -0.1) is 0 Å². The normalized spacial score (nSPS) is 10.6. The predicted octanol–water partition coefficient (Wildman–Crippen LogP) is 3.41. The summed E-state index contributed by atoms with van der Waals surface area (Å²) in [6.45, 7) is 1.77. The van der Waals surface area contributed by atoms with Gasteiger partial charge < -0.3 is 19.2 Å². The van der Waals surface area contributed by atoms with Gasteiger partial charge >= 0.3 is 0 Å². The van der Waals surface area contributed by atoms with Gasteiger partial charge in [0.15, 0.2) is 23.0 Å². The fraction of sp³-hybridized carbons (Fsp3) is 0.176. The number of carbonyl (C=O) groups is 1. The molecule has 3 aromatic rings. The lowest BCUT2D eigenvalue weighted by atomic mass is 10.2. The number of nitrogens with one attached hydrogen (secondary N) is 1. The van der Waals surface area contributed by atoms with Gasteiger partial charge in [0.1, 0.15) is 5.52 Å². The number of aromatic nitrogens is 1. The maximum atomic E-state index is 12.4. The molecule has 0 radical (unpaired) electrons. The Kier molecular flexibility index (Phi) is 3.89. The van der Waals surface area contributed by atoms with Crippen LogP contribution >= 0.6 is 0 Å². The van der Waals surface area contributed by atoms with Crippen LogP contribution in [0.1, 0.15) is 16.2 Å². The molecule has 6 heteroatoms. The molecule has 0 aliphatic rings. The number of methoxy groups -OCH3 is 2. The SMILES string of the molecule is COc1ccc(NC(=O)c2ccc3nc(C)oc3c2)cc1OC. The number of ether oxygens (including phenoxy) is 2. The van der Waals surface area contributed by atoms with Crippen LogP contribution in [0.4, 0.5) is 5.69 Å². The van der Waals surface area contributed by atoms with Gasteiger partial charge in [-0.25, -0.2) is 4.98 Å². The molecule has 3 rings (SSSR count). The Hall–Kier alpha value is -3.02. The van der Waals surface area contributed by atoms with Gasteiger partial charge in [-0.2, -0.15) is 0 Å². The van der Waals surface area contributed by atoms with E-state index < -0.39 is 0 Å². The molecule has 6 nitrogen and oxygen atoms in total. The van der Waals surface area contributed by atoms with Crippen molar-refractivity contribution in [3.05, 3.63) is 47.9 Å². The van der Waals surface area contributed by atoms with Crippen LogP contribution in [-0.2, 0) is 0 Å². The molecule has 1 N–H and O–H groups in total. The third-order valence-corrected chi connectivity index (χ3v) is 3.40. The summed E-state index contributed by atoms with van der Waals surface area (Å²) in [7, 11) is 3.11. The summed E-state index contributed by atoms with van der Waals surface area (Å²) in [5.41, 5.74) is 2.41. The highest BCUT2D eigenvalue weighted by atomic mass is 16.5. The monoisotopic (exact) mass is 312 g/mol. The first-order valence-electron chi connectivity index (χ1n) is 7.01. The highest BCUT2D eigenvalue weighted by Crippen LogP contribution is 2.30. The lowest BCUT2D eigenvalue weighted by Crippen LogP contribution is -2.11. The number of hydrogen-bond acceptors (Lipinski definition) is 5. The van der Waals surface area contributed by atoms with Crippen LogP contribution in [-0.4, -0.2) is 25.1 Å². The molecule has 1 amide bonds. The molecule has 0 saturated carbocycles. The van der Waals surface area contributed by atoms with Crippen LogP contribution in [0.15, 0.2) is 40.8 Å². The van der Waals surface area contributed by atoms with Crippen molar-refractivity contribution in [1.29, 1.82) is 0 Å². The summed E-state index contributed by atoms with van der Waals surface area (Å²) in [4.78, 5) is 16.6. The summed E-state index contributed by atoms with van der Waals surface area (Å²) in [5, 5.41) is 2.82. The number of benzene rings is 2. The summed E-state index contributed by atoms with van der Waals surface area (Å²) in [5.74, 6) is 1.47. The van der Waals surface area contributed by atoms with Gasteiger partial charge in [0, 0.05) is 24.2 Å². The Balaban J connectivity index is 1.85. The molecule has 118 valence electrons. The number of carbonyl (C=O) groups excluding carboxylic acids is 1. The Bertz CT molecular complexity index is 870. The molecule has 0 atom stereocenters. The molecular formula is C17H16N2O4. The quantitative estimate of drug-likeness (QED) is 0.799. The van der Waals surface area contributed by atoms with Crippen LogP contribution in [0.25, 0.3) is 11.1 Å². The number of fused-ring (bicyclic) bond motifs is 1. The Morgan fingerprint density at radius 1 is 1.09 bits per heavy atom. The Morgan fingerprint density at radius 2 is 1.87 bits per heavy atom. The average molecular weight is 312 g/mol. The van der Waals surface area contributed by atoms with Crippen LogP contribution in [0.3, 0.4) is 0 Å². The van der Waals surface area contributed by atoms with E-state index in [-0.39, 0.29) is 5.91 Å². The van der Waals surface area contributed by atoms with E-state index in [0.29, 0.717) is 34.2 Å². The molecule has 1 aromatic heterocycles. The minimum absolute atomic E-state index is 0.242. The number of anilines is 1. The molecule has 0 aliphatic heterocycles. The van der Waals surface area contributed by atoms with E-state index in [1.54, 1.807) is 57.5 Å². The summed E-state index contributed by atoms with van der Waals surface area (Å²) in [6.07, 6.45) is 0. The molecule has 0 saturated heterocycles. The van der Waals surface area contributed by atoms with E-state index in [1.807, 2.05) is 0 Å². The number of nitrogens with zero attached hydrogens (tertiary/aromatic N) is 1. The van der Waals surface area contributed by atoms with E-state index >= 15 is 0 Å². The zero-order valence-electron chi connectivity index (χ0n) is 13.0. The standard InChI is InChI=1S/C17H16N2O4/c1-10-18-13-6-4-11(8-15(13)23-10)17(20)19-12-5-7-14(21-2)16(9-12)22-3/h4-9H,1-3H3,(H,19,20). The van der Waals surface area contributed by atoms with E-state index in [4.69, 9.17) is 13.9 Å². The van der Waals surface area contributed by atoms with Gasteiger partial charge in [0.25, 0.3) is 5.91 Å². The zero-order valence-corrected chi connectivity index (χ0v) is 13.0. The highest BCUT2D eigenvalue weighted by molar-refractivity contribution is 6.05. The van der Waals surface area contributed by atoms with Gasteiger partial charge in [-0.1, -0.05) is 0 Å². The van der Waals surface area contributed by atoms with Crippen LogP contribution in [0, 0.1) is 6.92 Å². The van der Waals surface area contributed by atoms with Crippen molar-refractivity contribution in [2.75, 3.05) is 19.5 Å². The Labute approximate surface area is 133 Å². The first-order valence-corrected chi connectivity index (χ1v) is 7.01. The lowest BCUT2D eigenvalue weighted by Gasteiger charge is -2.10. The smallest absolute Gasteiger partial charge is 0.255 e. The van der Waals surface area contributed by atoms with Gasteiger partial charge in [0.2, 0.25) is 0 Å². The molecule has 0 bridgehead atoms. The fourth-order valence-electron chi connectivity index (χ4n) is 2.30. The second kappa shape index (κ2) is 6.00. The summed E-state index contributed by atoms with van der Waals surface area (Å²) >= 11 is 0. The number of oxazole rings is 1. The van der Waals surface area contributed by atoms with Gasteiger partial charge in [0.05, 0.1) is 14.2 Å². The highest BCUT2D eigenvalue weighted by Gasteiger charge is 2.11. The number of aryl methyl sites for hydroxylation is 1. The maximum absolute atomic E-state index is 12.4. The second-order valence-corrected chi connectivity index (χ2v) is 4.94. The number of amides is 1. The van der Waals surface area contributed by atoms with Crippen LogP contribution < -0.4 is 14.8 Å². The molecule has 0 spiro atoms. The number of rotatable bonds is 4. The van der Waals surface area contributed by atoms with Crippen molar-refractivity contribution in [1.82, 2.24) is 4.98 Å². The molecule has 0 unspecified atom stereocenters. The van der Waals surface area contributed by atoms with Crippen LogP contribution in [0.5, 0.6) is 11.5 Å². The van der Waals surface area contributed by atoms with E-state index in [0.717, 1.165) is 5.52 Å². The first-order chi connectivity index (χ1) is 11.1. The molecule has 2 aromatic carbocycles. The van der Waals surface area contributed by atoms with Crippen molar-refractivity contribution < 1.29 is 18.7 Å². The molecule has 23 heavy (non-hydrogen) atoms. The van der Waals surface area contributed by atoms with Crippen molar-refractivity contribution in [3.8, 4) is 11.5 Å². The maximum Gasteiger partial charge on any atom is 0.255 e. The third kappa shape index (κ3) is 2.96. The molecule has 1 heterocycles. The van der Waals surface area contributed by atoms with Gasteiger partial charge in [-0.05, 0) is 30.3 Å². The fourth-order valence-corrected chi connectivity index (χ4v) is 2.30. The van der Waals surface area contributed by atoms with E-state index in [2.05, 4.69) is 10.3 Å². The zero-order chi connectivity index (χ0) is 16.4. The lowest BCUT2D eigenvalue weighted by molar-refractivity contribution is 0.102. The van der Waals surface area contributed by atoms with E-state index in [1.165, 1.54) is 0 Å². The topological polar surface area (TPSA) is 73.6 Å². The van der Waals surface area contributed by atoms with Crippen molar-refractivity contribution in [2.24, 2.45) is 0 Å². The van der Waals surface area contributed by atoms with E-state index in [9.17, 15) is 4.79 Å². The molecular weight excluding hydrogens is 296 g/mol. The van der Waals surface area contributed by atoms with Crippen molar-refractivity contribution >= 4 is 22.7 Å². The first kappa shape index (κ1) is 14.9. The minimum atomic E-state index is -0.242. The summed E-state index contributed by atoms with van der Waals surface area (Å²) in [6, 6.07) is 10.3.